The Bertz CT molecular complexity index is 462. The number of thiazole rings is 1. The first kappa shape index (κ1) is 13.5. The zero-order valence-electron chi connectivity index (χ0n) is 10.9. The summed E-state index contributed by atoms with van der Waals surface area (Å²) < 4.78 is 1.22. The number of aliphatic hydroxyl groups is 1. The van der Waals surface area contributed by atoms with Gasteiger partial charge in [0.25, 0.3) is 0 Å². The van der Waals surface area contributed by atoms with Crippen LogP contribution in [0.4, 0.5) is 0 Å². The highest BCUT2D eigenvalue weighted by Crippen LogP contribution is 2.21. The zero-order valence-corrected chi connectivity index (χ0v) is 11.7. The van der Waals surface area contributed by atoms with E-state index in [-0.39, 0.29) is 12.6 Å². The molecule has 98 valence electrons. The van der Waals surface area contributed by atoms with E-state index in [0.717, 1.165) is 23.5 Å². The van der Waals surface area contributed by atoms with Gasteiger partial charge in [0.2, 0.25) is 0 Å². The minimum Gasteiger partial charge on any atom is -0.395 e. The summed E-state index contributed by atoms with van der Waals surface area (Å²) in [5.41, 5.74) is 1.06. The molecule has 18 heavy (non-hydrogen) atoms. The number of nitrogens with zero attached hydrogens (tertiary/aromatic N) is 1. The van der Waals surface area contributed by atoms with Crippen LogP contribution in [-0.2, 0) is 6.54 Å². The molecule has 2 rings (SSSR count). The van der Waals surface area contributed by atoms with Gasteiger partial charge in [0.15, 0.2) is 0 Å². The summed E-state index contributed by atoms with van der Waals surface area (Å²) in [6.45, 7) is 5.25. The van der Waals surface area contributed by atoms with E-state index < -0.39 is 0 Å². The van der Waals surface area contributed by atoms with Gasteiger partial charge in [0.1, 0.15) is 5.01 Å². The molecule has 0 aliphatic carbocycles. The van der Waals surface area contributed by atoms with Gasteiger partial charge in [-0.1, -0.05) is 26.0 Å². The second-order valence-corrected chi connectivity index (χ2v) is 6.08. The summed E-state index contributed by atoms with van der Waals surface area (Å²) >= 11 is 1.71. The van der Waals surface area contributed by atoms with Gasteiger partial charge in [-0.15, -0.1) is 11.3 Å². The molecule has 1 unspecified atom stereocenters. The normalized spacial score (nSPS) is 13.3. The van der Waals surface area contributed by atoms with E-state index in [9.17, 15) is 5.11 Å². The Morgan fingerprint density at radius 1 is 1.33 bits per heavy atom. The zero-order chi connectivity index (χ0) is 13.0. The molecule has 0 aliphatic heterocycles. The summed E-state index contributed by atoms with van der Waals surface area (Å²) in [6.07, 6.45) is 0.987. The van der Waals surface area contributed by atoms with E-state index in [2.05, 4.69) is 30.2 Å². The van der Waals surface area contributed by atoms with Gasteiger partial charge in [-0.05, 0) is 24.5 Å². The van der Waals surface area contributed by atoms with Crippen molar-refractivity contribution in [2.24, 2.45) is 5.92 Å². The van der Waals surface area contributed by atoms with Crippen molar-refractivity contribution in [2.45, 2.75) is 32.9 Å². The van der Waals surface area contributed by atoms with Crippen LogP contribution >= 0.6 is 11.3 Å². The number of hydrogen-bond donors (Lipinski definition) is 2. The summed E-state index contributed by atoms with van der Waals surface area (Å²) in [5.74, 6) is 0.588. The number of nitrogens with one attached hydrogen (secondary N) is 1. The Kier molecular flexibility index (Phi) is 4.69. The number of rotatable bonds is 6. The van der Waals surface area contributed by atoms with Crippen molar-refractivity contribution in [2.75, 3.05) is 6.61 Å². The fraction of sp³-hybridized carbons (Fsp3) is 0.500. The maximum atomic E-state index is 9.31. The monoisotopic (exact) mass is 264 g/mol. The predicted octanol–water partition coefficient (Wildman–Crippen LogP) is 2.79. The van der Waals surface area contributed by atoms with Gasteiger partial charge in [-0.25, -0.2) is 4.98 Å². The van der Waals surface area contributed by atoms with Gasteiger partial charge in [-0.3, -0.25) is 0 Å². The highest BCUT2D eigenvalue weighted by atomic mass is 32.1. The molecule has 4 heteroatoms. The molecular formula is C14H20N2OS. The highest BCUT2D eigenvalue weighted by molar-refractivity contribution is 7.18. The van der Waals surface area contributed by atoms with Crippen LogP contribution in [0.5, 0.6) is 0 Å². The smallest absolute Gasteiger partial charge is 0.108 e. The lowest BCUT2D eigenvalue weighted by molar-refractivity contribution is 0.223. The Labute approximate surface area is 112 Å². The molecule has 0 amide bonds. The van der Waals surface area contributed by atoms with E-state index in [1.54, 1.807) is 11.3 Å². The topological polar surface area (TPSA) is 45.1 Å². The third kappa shape index (κ3) is 3.51. The van der Waals surface area contributed by atoms with Gasteiger partial charge < -0.3 is 10.4 Å². The van der Waals surface area contributed by atoms with E-state index in [0.29, 0.717) is 5.92 Å². The number of aliphatic hydroxyl groups excluding tert-OH is 1. The Hall–Kier alpha value is -0.970. The van der Waals surface area contributed by atoms with Crippen molar-refractivity contribution in [3.63, 3.8) is 0 Å². The quantitative estimate of drug-likeness (QED) is 0.843. The molecule has 1 aromatic heterocycles. The summed E-state index contributed by atoms with van der Waals surface area (Å²) in [7, 11) is 0. The van der Waals surface area contributed by atoms with E-state index in [4.69, 9.17) is 0 Å². The van der Waals surface area contributed by atoms with E-state index in [1.807, 2.05) is 18.2 Å². The number of aromatic nitrogens is 1. The Morgan fingerprint density at radius 2 is 2.11 bits per heavy atom. The molecular weight excluding hydrogens is 244 g/mol. The third-order valence-electron chi connectivity index (χ3n) is 2.86. The van der Waals surface area contributed by atoms with Crippen LogP contribution in [0.1, 0.15) is 25.3 Å². The van der Waals surface area contributed by atoms with Crippen molar-refractivity contribution in [3.05, 3.63) is 29.3 Å². The van der Waals surface area contributed by atoms with Crippen molar-refractivity contribution >= 4 is 21.6 Å². The van der Waals surface area contributed by atoms with Crippen molar-refractivity contribution < 1.29 is 5.11 Å². The summed E-state index contributed by atoms with van der Waals surface area (Å²) in [6, 6.07) is 8.33. The minimum absolute atomic E-state index is 0.164. The van der Waals surface area contributed by atoms with Crippen LogP contribution in [0.15, 0.2) is 24.3 Å². The highest BCUT2D eigenvalue weighted by Gasteiger charge is 2.10. The maximum Gasteiger partial charge on any atom is 0.108 e. The van der Waals surface area contributed by atoms with Crippen LogP contribution in [-0.4, -0.2) is 22.7 Å². The first-order valence-electron chi connectivity index (χ1n) is 6.37. The Balaban J connectivity index is 1.96. The first-order chi connectivity index (χ1) is 8.69. The van der Waals surface area contributed by atoms with Gasteiger partial charge >= 0.3 is 0 Å². The molecule has 3 nitrogen and oxygen atoms in total. The van der Waals surface area contributed by atoms with Crippen LogP contribution in [0, 0.1) is 5.92 Å². The van der Waals surface area contributed by atoms with E-state index in [1.165, 1.54) is 4.70 Å². The van der Waals surface area contributed by atoms with Crippen LogP contribution in [0.3, 0.4) is 0 Å². The van der Waals surface area contributed by atoms with Crippen molar-refractivity contribution in [3.8, 4) is 0 Å². The Morgan fingerprint density at radius 3 is 2.78 bits per heavy atom. The predicted molar refractivity (Wildman–Crippen MR) is 76.8 cm³/mol. The second kappa shape index (κ2) is 6.27. The number of hydrogen-bond acceptors (Lipinski definition) is 4. The van der Waals surface area contributed by atoms with Crippen LogP contribution < -0.4 is 5.32 Å². The lowest BCUT2D eigenvalue weighted by Gasteiger charge is -2.17. The molecule has 1 heterocycles. The molecule has 0 spiro atoms. The average Bonchev–Trinajstić information content (AvgIpc) is 2.76. The number of benzene rings is 1. The van der Waals surface area contributed by atoms with Crippen LogP contribution in [0.2, 0.25) is 0 Å². The molecule has 0 aliphatic rings. The molecule has 0 fully saturated rings. The fourth-order valence-electron chi connectivity index (χ4n) is 2.02. The molecule has 0 saturated carbocycles. The number of para-hydroxylation sites is 1. The molecule has 2 N–H and O–H groups in total. The summed E-state index contributed by atoms with van der Waals surface area (Å²) in [4.78, 5) is 4.57. The lowest BCUT2D eigenvalue weighted by Crippen LogP contribution is -2.33. The first-order valence-corrected chi connectivity index (χ1v) is 7.19. The largest absolute Gasteiger partial charge is 0.395 e. The van der Waals surface area contributed by atoms with Crippen molar-refractivity contribution in [1.29, 1.82) is 0 Å². The standard InChI is InChI=1S/C14H20N2OS/c1-10(2)7-11(9-17)15-8-14-16-12-5-3-4-6-13(12)18-14/h3-6,10-11,15,17H,7-9H2,1-2H3. The minimum atomic E-state index is 0.164. The number of fused-ring (bicyclic) bond motifs is 1. The molecule has 0 bridgehead atoms. The van der Waals surface area contributed by atoms with Crippen molar-refractivity contribution in [1.82, 2.24) is 10.3 Å². The average molecular weight is 264 g/mol. The second-order valence-electron chi connectivity index (χ2n) is 4.97. The fourth-order valence-corrected chi connectivity index (χ4v) is 2.94. The molecule has 2 aromatic rings. The molecule has 1 atom stereocenters. The molecule has 1 aromatic carbocycles. The lowest BCUT2D eigenvalue weighted by atomic mass is 10.0. The maximum absolute atomic E-state index is 9.31. The van der Waals surface area contributed by atoms with Gasteiger partial charge in [0.05, 0.1) is 16.8 Å². The molecule has 0 radical (unpaired) electrons. The SMILES string of the molecule is CC(C)CC(CO)NCc1nc2ccccc2s1. The molecule has 0 saturated heterocycles. The van der Waals surface area contributed by atoms with Crippen LogP contribution in [0.25, 0.3) is 10.2 Å². The van der Waals surface area contributed by atoms with Gasteiger partial charge in [-0.2, -0.15) is 0 Å². The summed E-state index contributed by atoms with van der Waals surface area (Å²) in [5, 5.41) is 13.8. The third-order valence-corrected chi connectivity index (χ3v) is 3.89. The van der Waals surface area contributed by atoms with E-state index >= 15 is 0 Å². The van der Waals surface area contributed by atoms with Gasteiger partial charge in [0, 0.05) is 12.6 Å².